The fourth-order valence-electron chi connectivity index (χ4n) is 4.09. The first kappa shape index (κ1) is 21.6. The lowest BCUT2D eigenvalue weighted by molar-refractivity contribution is -0.122. The standard InChI is InChI=1S/C27H24N4O3/c1-17-10-12-19(13-11-17)25-29-27(34-30-25)22-8-3-4-9-23(22)28-26(33)20-15-24(32)31(16-20)21-7-5-6-18(2)14-21/h3-14,20H,15-16H2,1-2H3,(H,28,33). The lowest BCUT2D eigenvalue weighted by Gasteiger charge is -2.17. The second kappa shape index (κ2) is 8.94. The molecule has 1 aromatic heterocycles. The predicted octanol–water partition coefficient (Wildman–Crippen LogP) is 5.01. The van der Waals surface area contributed by atoms with Gasteiger partial charge in [0.2, 0.25) is 17.6 Å². The molecule has 0 spiro atoms. The number of benzene rings is 3. The van der Waals surface area contributed by atoms with Crippen LogP contribution in [-0.2, 0) is 9.59 Å². The van der Waals surface area contributed by atoms with Crippen LogP contribution >= 0.6 is 0 Å². The van der Waals surface area contributed by atoms with Gasteiger partial charge in [-0.1, -0.05) is 59.3 Å². The molecule has 0 saturated carbocycles. The smallest absolute Gasteiger partial charge is 0.260 e. The summed E-state index contributed by atoms with van der Waals surface area (Å²) >= 11 is 0. The molecule has 170 valence electrons. The zero-order valence-corrected chi connectivity index (χ0v) is 19.0. The molecule has 1 unspecified atom stereocenters. The Labute approximate surface area is 197 Å². The summed E-state index contributed by atoms with van der Waals surface area (Å²) in [5, 5.41) is 7.07. The first-order valence-electron chi connectivity index (χ1n) is 11.2. The average Bonchev–Trinajstić information content (AvgIpc) is 3.47. The summed E-state index contributed by atoms with van der Waals surface area (Å²) in [7, 11) is 0. The lowest BCUT2D eigenvalue weighted by Crippen LogP contribution is -2.28. The Morgan fingerprint density at radius 2 is 1.79 bits per heavy atom. The summed E-state index contributed by atoms with van der Waals surface area (Å²) < 4.78 is 5.51. The number of carbonyl (C=O) groups is 2. The molecular formula is C27H24N4O3. The molecule has 0 bridgehead atoms. The van der Waals surface area contributed by atoms with E-state index in [0.29, 0.717) is 29.5 Å². The fraction of sp³-hybridized carbons (Fsp3) is 0.185. The van der Waals surface area contributed by atoms with Gasteiger partial charge in [0.15, 0.2) is 0 Å². The first-order chi connectivity index (χ1) is 16.5. The van der Waals surface area contributed by atoms with E-state index < -0.39 is 5.92 Å². The zero-order valence-electron chi connectivity index (χ0n) is 19.0. The third-order valence-electron chi connectivity index (χ3n) is 5.96. The van der Waals surface area contributed by atoms with Crippen molar-refractivity contribution in [2.45, 2.75) is 20.3 Å². The molecule has 34 heavy (non-hydrogen) atoms. The number of nitrogens with zero attached hydrogens (tertiary/aromatic N) is 3. The van der Waals surface area contributed by atoms with E-state index in [4.69, 9.17) is 4.52 Å². The second-order valence-electron chi connectivity index (χ2n) is 8.57. The van der Waals surface area contributed by atoms with Gasteiger partial charge in [0.1, 0.15) is 0 Å². The van der Waals surface area contributed by atoms with Crippen molar-refractivity contribution < 1.29 is 14.1 Å². The Balaban J connectivity index is 1.34. The summed E-state index contributed by atoms with van der Waals surface area (Å²) in [5.41, 5.74) is 5.07. The molecule has 0 radical (unpaired) electrons. The molecule has 0 aliphatic carbocycles. The van der Waals surface area contributed by atoms with Crippen molar-refractivity contribution in [2.75, 3.05) is 16.8 Å². The topological polar surface area (TPSA) is 88.3 Å². The number of rotatable bonds is 5. The highest BCUT2D eigenvalue weighted by Crippen LogP contribution is 2.31. The Morgan fingerprint density at radius 3 is 2.59 bits per heavy atom. The number of para-hydroxylation sites is 1. The van der Waals surface area contributed by atoms with E-state index in [1.807, 2.05) is 80.6 Å². The molecule has 1 fully saturated rings. The molecule has 1 aliphatic heterocycles. The maximum absolute atomic E-state index is 13.1. The van der Waals surface area contributed by atoms with E-state index in [1.165, 1.54) is 0 Å². The van der Waals surface area contributed by atoms with Gasteiger partial charge >= 0.3 is 0 Å². The molecule has 4 aromatic rings. The molecule has 3 aromatic carbocycles. The van der Waals surface area contributed by atoms with Crippen LogP contribution in [0.4, 0.5) is 11.4 Å². The van der Waals surface area contributed by atoms with Crippen LogP contribution in [0.2, 0.25) is 0 Å². The van der Waals surface area contributed by atoms with Crippen LogP contribution in [0, 0.1) is 19.8 Å². The SMILES string of the molecule is Cc1ccc(-c2noc(-c3ccccc3NC(=O)C3CC(=O)N(c4cccc(C)c4)C3)n2)cc1. The maximum atomic E-state index is 13.1. The van der Waals surface area contributed by atoms with E-state index in [0.717, 1.165) is 22.4 Å². The van der Waals surface area contributed by atoms with E-state index in [9.17, 15) is 9.59 Å². The molecule has 7 heteroatoms. The van der Waals surface area contributed by atoms with Crippen LogP contribution in [0.25, 0.3) is 22.8 Å². The van der Waals surface area contributed by atoms with Crippen LogP contribution < -0.4 is 10.2 Å². The molecule has 5 rings (SSSR count). The summed E-state index contributed by atoms with van der Waals surface area (Å²) in [4.78, 5) is 31.9. The van der Waals surface area contributed by atoms with Gasteiger partial charge in [-0.15, -0.1) is 0 Å². The number of nitrogens with one attached hydrogen (secondary N) is 1. The minimum atomic E-state index is -0.452. The van der Waals surface area contributed by atoms with Gasteiger partial charge < -0.3 is 14.7 Å². The number of aromatic nitrogens is 2. The van der Waals surface area contributed by atoms with Gasteiger partial charge in [-0.25, -0.2) is 0 Å². The first-order valence-corrected chi connectivity index (χ1v) is 11.2. The van der Waals surface area contributed by atoms with Crippen molar-refractivity contribution in [3.8, 4) is 22.8 Å². The van der Waals surface area contributed by atoms with Crippen LogP contribution in [0.5, 0.6) is 0 Å². The van der Waals surface area contributed by atoms with Gasteiger partial charge in [-0.05, 0) is 43.7 Å². The minimum absolute atomic E-state index is 0.0568. The number of anilines is 2. The largest absolute Gasteiger partial charge is 0.334 e. The number of hydrogen-bond donors (Lipinski definition) is 1. The number of aryl methyl sites for hydroxylation is 2. The predicted molar refractivity (Wildman–Crippen MR) is 130 cm³/mol. The highest BCUT2D eigenvalue weighted by Gasteiger charge is 2.35. The van der Waals surface area contributed by atoms with Crippen LogP contribution in [-0.4, -0.2) is 28.5 Å². The second-order valence-corrected chi connectivity index (χ2v) is 8.57. The quantitative estimate of drug-likeness (QED) is 0.460. The van der Waals surface area contributed by atoms with E-state index in [-0.39, 0.29) is 18.2 Å². The zero-order chi connectivity index (χ0) is 23.7. The minimum Gasteiger partial charge on any atom is -0.334 e. The van der Waals surface area contributed by atoms with Crippen molar-refractivity contribution in [2.24, 2.45) is 5.92 Å². The Hall–Kier alpha value is -4.26. The molecule has 1 atom stereocenters. The maximum Gasteiger partial charge on any atom is 0.260 e. The van der Waals surface area contributed by atoms with Crippen molar-refractivity contribution in [3.05, 3.63) is 83.9 Å². The third kappa shape index (κ3) is 4.32. The van der Waals surface area contributed by atoms with E-state index >= 15 is 0 Å². The van der Waals surface area contributed by atoms with Crippen LogP contribution in [0.1, 0.15) is 17.5 Å². The van der Waals surface area contributed by atoms with Crippen molar-refractivity contribution in [1.82, 2.24) is 10.1 Å². The van der Waals surface area contributed by atoms with E-state index in [2.05, 4.69) is 15.5 Å². The van der Waals surface area contributed by atoms with Crippen LogP contribution in [0.15, 0.2) is 77.3 Å². The molecule has 2 heterocycles. The summed E-state index contributed by atoms with van der Waals surface area (Å²) in [6, 6.07) is 22.9. The number of hydrogen-bond acceptors (Lipinski definition) is 5. The molecular weight excluding hydrogens is 428 g/mol. The normalized spacial score (nSPS) is 15.5. The van der Waals surface area contributed by atoms with Crippen molar-refractivity contribution in [1.29, 1.82) is 0 Å². The molecule has 7 nitrogen and oxygen atoms in total. The highest BCUT2D eigenvalue weighted by molar-refractivity contribution is 6.04. The highest BCUT2D eigenvalue weighted by atomic mass is 16.5. The van der Waals surface area contributed by atoms with Crippen molar-refractivity contribution >= 4 is 23.2 Å². The number of carbonyl (C=O) groups excluding carboxylic acids is 2. The average molecular weight is 453 g/mol. The van der Waals surface area contributed by atoms with Crippen molar-refractivity contribution in [3.63, 3.8) is 0 Å². The molecule has 1 aliphatic rings. The Kier molecular flexibility index (Phi) is 5.67. The van der Waals surface area contributed by atoms with Crippen LogP contribution in [0.3, 0.4) is 0 Å². The molecule has 2 amide bonds. The third-order valence-corrected chi connectivity index (χ3v) is 5.96. The molecule has 1 saturated heterocycles. The Bertz CT molecular complexity index is 1360. The van der Waals surface area contributed by atoms with E-state index in [1.54, 1.807) is 11.0 Å². The fourth-order valence-corrected chi connectivity index (χ4v) is 4.09. The van der Waals surface area contributed by atoms with Gasteiger partial charge in [0, 0.05) is 24.2 Å². The number of amides is 2. The summed E-state index contributed by atoms with van der Waals surface area (Å²) in [6.45, 7) is 4.34. The lowest BCUT2D eigenvalue weighted by atomic mass is 10.1. The summed E-state index contributed by atoms with van der Waals surface area (Å²) in [6.07, 6.45) is 0.167. The molecule has 1 N–H and O–H groups in total. The van der Waals surface area contributed by atoms with Gasteiger partial charge in [0.25, 0.3) is 5.89 Å². The monoisotopic (exact) mass is 452 g/mol. The van der Waals surface area contributed by atoms with Gasteiger partial charge in [-0.2, -0.15) is 4.98 Å². The van der Waals surface area contributed by atoms with Gasteiger partial charge in [-0.3, -0.25) is 9.59 Å². The van der Waals surface area contributed by atoms with Gasteiger partial charge in [0.05, 0.1) is 17.2 Å². The summed E-state index contributed by atoms with van der Waals surface area (Å²) in [5.74, 6) is 0.0708. The Morgan fingerprint density at radius 1 is 1.00 bits per heavy atom.